The van der Waals surface area contributed by atoms with Crippen LogP contribution in [0.15, 0.2) is 24.7 Å². The molecule has 0 aliphatic rings. The summed E-state index contributed by atoms with van der Waals surface area (Å²) in [6.45, 7) is 0. The fourth-order valence-corrected chi connectivity index (χ4v) is 1.59. The lowest BCUT2D eigenvalue weighted by molar-refractivity contribution is 0.0996. The fourth-order valence-electron chi connectivity index (χ4n) is 1.37. The molecule has 1 unspecified atom stereocenters. The topological polar surface area (TPSA) is 123 Å². The summed E-state index contributed by atoms with van der Waals surface area (Å²) in [5.41, 5.74) is 5.86. The zero-order valence-electron chi connectivity index (χ0n) is 9.07. The number of fused-ring (bicyclic) bond motifs is 1. The molecule has 0 saturated carbocycles. The van der Waals surface area contributed by atoms with E-state index in [1.807, 2.05) is 0 Å². The highest BCUT2D eigenvalue weighted by Gasteiger charge is 2.08. The number of aromatic nitrogens is 3. The summed E-state index contributed by atoms with van der Waals surface area (Å²) in [5, 5.41) is 2.26. The van der Waals surface area contributed by atoms with Crippen LogP contribution in [0.2, 0.25) is 0 Å². The van der Waals surface area contributed by atoms with Crippen LogP contribution < -0.4 is 10.8 Å². The lowest BCUT2D eigenvalue weighted by atomic mass is 10.4. The third kappa shape index (κ3) is 2.55. The molecule has 0 bridgehead atoms. The van der Waals surface area contributed by atoms with Crippen LogP contribution in [0, 0.1) is 0 Å². The zero-order valence-corrected chi connectivity index (χ0v) is 10.1. The van der Waals surface area contributed by atoms with Gasteiger partial charge in [-0.2, -0.15) is 0 Å². The van der Waals surface area contributed by atoms with Crippen molar-refractivity contribution in [3.05, 3.63) is 36.0 Å². The van der Waals surface area contributed by atoms with Gasteiger partial charge in [0.25, 0.3) is 14.1 Å². The van der Waals surface area contributed by atoms with Crippen LogP contribution >= 0.6 is 8.18 Å². The zero-order chi connectivity index (χ0) is 13.1. The van der Waals surface area contributed by atoms with E-state index in [0.717, 1.165) is 0 Å². The van der Waals surface area contributed by atoms with E-state index in [2.05, 4.69) is 15.1 Å². The average molecular weight is 267 g/mol. The smallest absolute Gasteiger partial charge is 0.279 e. The molecular formula is C9H10N5O3P. The summed E-state index contributed by atoms with van der Waals surface area (Å²) in [6, 6.07) is 1.66. The predicted molar refractivity (Wildman–Crippen MR) is 64.9 cm³/mol. The Labute approximate surface area is 102 Å². The highest BCUT2D eigenvalue weighted by molar-refractivity contribution is 7.35. The maximum absolute atomic E-state index is 11.0. The second-order valence-electron chi connectivity index (χ2n) is 3.31. The first-order chi connectivity index (χ1) is 8.58. The quantitative estimate of drug-likeness (QED) is 0.657. The van der Waals surface area contributed by atoms with E-state index in [4.69, 9.17) is 10.6 Å². The van der Waals surface area contributed by atoms with E-state index in [1.165, 1.54) is 18.6 Å². The van der Waals surface area contributed by atoms with Gasteiger partial charge in [0.05, 0.1) is 5.69 Å². The molecule has 2 heterocycles. The van der Waals surface area contributed by atoms with E-state index in [-0.39, 0.29) is 5.69 Å². The highest BCUT2D eigenvalue weighted by atomic mass is 31.1. The third-order valence-corrected chi connectivity index (χ3v) is 2.53. The van der Waals surface area contributed by atoms with Crippen LogP contribution in [0.4, 0.5) is 0 Å². The molecule has 0 aromatic carbocycles. The number of amides is 1. The Bertz CT molecular complexity index is 651. The van der Waals surface area contributed by atoms with Crippen molar-refractivity contribution in [1.82, 2.24) is 19.5 Å². The minimum Gasteiger partial charge on any atom is -0.364 e. The van der Waals surface area contributed by atoms with Crippen LogP contribution in [-0.4, -0.2) is 25.2 Å². The predicted octanol–water partition coefficient (Wildman–Crippen LogP) is -0.229. The number of imidazole rings is 1. The van der Waals surface area contributed by atoms with E-state index < -0.39 is 14.1 Å². The first-order valence-corrected chi connectivity index (χ1v) is 6.23. The summed E-state index contributed by atoms with van der Waals surface area (Å²) in [5.74, 6) is -0.323. The van der Waals surface area contributed by atoms with Gasteiger partial charge in [0.1, 0.15) is 5.69 Å². The Hall–Kier alpha value is -2.18. The molecule has 0 aliphatic heterocycles. The molecule has 8 nitrogen and oxygen atoms in total. The molecule has 0 aliphatic carbocycles. The van der Waals surface area contributed by atoms with Gasteiger partial charge >= 0.3 is 0 Å². The Balaban J connectivity index is 2.41. The summed E-state index contributed by atoms with van der Waals surface area (Å²) < 4.78 is 12.0. The Morgan fingerprint density at radius 2 is 2.39 bits per heavy atom. The number of nitrogens with one attached hydrogen (secondary N) is 1. The summed E-state index contributed by atoms with van der Waals surface area (Å²) in [4.78, 5) is 27.5. The van der Waals surface area contributed by atoms with Crippen LogP contribution in [0.3, 0.4) is 0 Å². The number of nitrogens with two attached hydrogens (primary N) is 1. The number of primary amides is 1. The van der Waals surface area contributed by atoms with E-state index in [0.29, 0.717) is 11.5 Å². The molecule has 0 saturated heterocycles. The molecule has 2 aromatic rings. The number of hydrogen-bond acceptors (Lipinski definition) is 4. The lowest BCUT2D eigenvalue weighted by Gasteiger charge is -1.98. The van der Waals surface area contributed by atoms with Crippen LogP contribution in [-0.2, 0) is 4.57 Å². The average Bonchev–Trinajstić information content (AvgIpc) is 2.73. The van der Waals surface area contributed by atoms with E-state index in [1.54, 1.807) is 16.5 Å². The second kappa shape index (κ2) is 4.99. The molecule has 0 radical (unpaired) electrons. The Kier molecular flexibility index (Phi) is 3.40. The fraction of sp³-hybridized carbons (Fsp3) is 0. The number of carbonyl (C=O) groups excluding carboxylic acids is 1. The standard InChI is InChI=1S/C9H10N5O3P/c10-8(15)7-5-14-6(2-4-12-18(16)17)1-3-11-9(14)13-7/h1-5,18H,(H2,10,15)(H2,12,16,17)/b4-2+. The van der Waals surface area contributed by atoms with Gasteiger partial charge < -0.3 is 15.7 Å². The Morgan fingerprint density at radius 3 is 3.06 bits per heavy atom. The number of nitrogens with zero attached hydrogens (tertiary/aromatic N) is 3. The normalized spacial score (nSPS) is 12.9. The number of hydrogen-bond donors (Lipinski definition) is 3. The van der Waals surface area contributed by atoms with Gasteiger partial charge in [-0.05, 0) is 12.1 Å². The van der Waals surface area contributed by atoms with Crippen molar-refractivity contribution < 1.29 is 14.3 Å². The molecule has 9 heteroatoms. The Morgan fingerprint density at radius 1 is 1.61 bits per heavy atom. The van der Waals surface area contributed by atoms with Gasteiger partial charge in [-0.25, -0.2) is 9.97 Å². The van der Waals surface area contributed by atoms with Crippen LogP contribution in [0.25, 0.3) is 11.9 Å². The van der Waals surface area contributed by atoms with Crippen molar-refractivity contribution in [3.63, 3.8) is 0 Å². The molecule has 1 atom stereocenters. The van der Waals surface area contributed by atoms with Gasteiger partial charge in [-0.1, -0.05) is 0 Å². The van der Waals surface area contributed by atoms with Crippen molar-refractivity contribution in [2.75, 3.05) is 0 Å². The second-order valence-corrected chi connectivity index (χ2v) is 4.21. The third-order valence-electron chi connectivity index (χ3n) is 2.11. The molecule has 18 heavy (non-hydrogen) atoms. The molecule has 0 spiro atoms. The maximum atomic E-state index is 11.0. The molecule has 94 valence electrons. The van der Waals surface area contributed by atoms with Gasteiger partial charge in [-0.15, -0.1) is 0 Å². The van der Waals surface area contributed by atoms with Crippen molar-refractivity contribution in [2.24, 2.45) is 5.73 Å². The monoisotopic (exact) mass is 267 g/mol. The number of carbonyl (C=O) groups is 1. The molecule has 2 rings (SSSR count). The first kappa shape index (κ1) is 12.3. The molecular weight excluding hydrogens is 257 g/mol. The minimum atomic E-state index is -2.77. The minimum absolute atomic E-state index is 0.104. The molecule has 4 N–H and O–H groups in total. The first-order valence-electron chi connectivity index (χ1n) is 4.88. The summed E-state index contributed by atoms with van der Waals surface area (Å²) >= 11 is 0. The van der Waals surface area contributed by atoms with Crippen molar-refractivity contribution in [1.29, 1.82) is 0 Å². The van der Waals surface area contributed by atoms with Crippen LogP contribution in [0.1, 0.15) is 16.2 Å². The SMILES string of the molecule is NC(=O)c1cn2c(/C=C/N[PH](=O)O)ccnc2n1. The molecule has 1 amide bonds. The maximum Gasteiger partial charge on any atom is 0.279 e. The van der Waals surface area contributed by atoms with Gasteiger partial charge in [0.2, 0.25) is 5.78 Å². The largest absolute Gasteiger partial charge is 0.364 e. The van der Waals surface area contributed by atoms with Crippen molar-refractivity contribution in [2.45, 2.75) is 0 Å². The molecule has 0 fully saturated rings. The van der Waals surface area contributed by atoms with Crippen molar-refractivity contribution in [3.8, 4) is 0 Å². The van der Waals surface area contributed by atoms with Crippen molar-refractivity contribution >= 4 is 25.9 Å². The highest BCUT2D eigenvalue weighted by Crippen LogP contribution is 2.09. The van der Waals surface area contributed by atoms with Gasteiger partial charge in [0, 0.05) is 18.6 Å². The lowest BCUT2D eigenvalue weighted by Crippen LogP contribution is -2.10. The van der Waals surface area contributed by atoms with E-state index in [9.17, 15) is 9.36 Å². The van der Waals surface area contributed by atoms with Crippen LogP contribution in [0.5, 0.6) is 0 Å². The summed E-state index contributed by atoms with van der Waals surface area (Å²) in [6.07, 6.45) is 5.85. The van der Waals surface area contributed by atoms with Gasteiger partial charge in [0.15, 0.2) is 0 Å². The number of rotatable bonds is 4. The van der Waals surface area contributed by atoms with E-state index >= 15 is 0 Å². The molecule has 2 aromatic heterocycles. The van der Waals surface area contributed by atoms with Gasteiger partial charge in [-0.3, -0.25) is 13.8 Å². The summed E-state index contributed by atoms with van der Waals surface area (Å²) in [7, 11) is -2.77.